The minimum absolute atomic E-state index is 0.178. The molecule has 0 spiro atoms. The van der Waals surface area contributed by atoms with Gasteiger partial charge in [-0.05, 0) is 0 Å². The van der Waals surface area contributed by atoms with Crippen LogP contribution in [0.3, 0.4) is 0 Å². The van der Waals surface area contributed by atoms with Gasteiger partial charge >= 0.3 is 0 Å². The first-order valence-electron chi connectivity index (χ1n) is 4.28. The molecule has 0 radical (unpaired) electrons. The van der Waals surface area contributed by atoms with Crippen molar-refractivity contribution >= 4 is 0 Å². The summed E-state index contributed by atoms with van der Waals surface area (Å²) in [5.41, 5.74) is 5.59. The molecule has 4 heteroatoms. The van der Waals surface area contributed by atoms with Gasteiger partial charge in [-0.1, -0.05) is 0 Å². The topological polar surface area (TPSA) is 47.7 Å². The second kappa shape index (κ2) is 12.1. The SMILES string of the molecule is C#C.C=C.COCCN1C[C@@H](N)CO1. The Hall–Kier alpha value is -0.860. The van der Waals surface area contributed by atoms with Crippen LogP contribution < -0.4 is 5.73 Å². The highest BCUT2D eigenvalue weighted by Gasteiger charge is 2.18. The van der Waals surface area contributed by atoms with E-state index in [9.17, 15) is 0 Å². The van der Waals surface area contributed by atoms with Crippen LogP contribution in [-0.4, -0.2) is 44.5 Å². The van der Waals surface area contributed by atoms with Gasteiger partial charge < -0.3 is 10.5 Å². The molecule has 1 aliphatic heterocycles. The van der Waals surface area contributed by atoms with Crippen molar-refractivity contribution in [2.75, 3.05) is 33.4 Å². The Bertz CT molecular complexity index is 139. The van der Waals surface area contributed by atoms with Crippen LogP contribution in [0.25, 0.3) is 0 Å². The van der Waals surface area contributed by atoms with Gasteiger partial charge in [0.05, 0.1) is 13.2 Å². The van der Waals surface area contributed by atoms with Crippen LogP contribution in [0.2, 0.25) is 0 Å². The van der Waals surface area contributed by atoms with E-state index >= 15 is 0 Å². The van der Waals surface area contributed by atoms with Crippen molar-refractivity contribution in [3.63, 3.8) is 0 Å². The fourth-order valence-electron chi connectivity index (χ4n) is 0.917. The predicted molar refractivity (Wildman–Crippen MR) is 58.5 cm³/mol. The lowest BCUT2D eigenvalue weighted by Gasteiger charge is -2.11. The van der Waals surface area contributed by atoms with Gasteiger partial charge in [0.15, 0.2) is 0 Å². The van der Waals surface area contributed by atoms with Gasteiger partial charge in [-0.2, -0.15) is 5.06 Å². The molecule has 0 aromatic rings. The fourth-order valence-corrected chi connectivity index (χ4v) is 0.917. The third kappa shape index (κ3) is 7.77. The summed E-state index contributed by atoms with van der Waals surface area (Å²) in [7, 11) is 1.68. The highest BCUT2D eigenvalue weighted by molar-refractivity contribution is 4.68. The first kappa shape index (κ1) is 15.6. The van der Waals surface area contributed by atoms with E-state index in [2.05, 4.69) is 26.0 Å². The number of hydrogen-bond acceptors (Lipinski definition) is 4. The lowest BCUT2D eigenvalue weighted by Crippen LogP contribution is -2.29. The summed E-state index contributed by atoms with van der Waals surface area (Å²) in [6.07, 6.45) is 8.00. The first-order valence-corrected chi connectivity index (χ1v) is 4.28. The normalized spacial score (nSPS) is 20.1. The number of methoxy groups -OCH3 is 1. The number of ether oxygens (including phenoxy) is 1. The van der Waals surface area contributed by atoms with Crippen LogP contribution >= 0.6 is 0 Å². The van der Waals surface area contributed by atoms with Crippen molar-refractivity contribution in [3.8, 4) is 12.8 Å². The maximum atomic E-state index is 5.59. The molecule has 2 N–H and O–H groups in total. The molecule has 0 amide bonds. The molecule has 0 bridgehead atoms. The second-order valence-electron chi connectivity index (χ2n) is 2.44. The van der Waals surface area contributed by atoms with Gasteiger partial charge in [0.25, 0.3) is 0 Å². The summed E-state index contributed by atoms with van der Waals surface area (Å²) in [5.74, 6) is 0. The molecule has 1 heterocycles. The Labute approximate surface area is 86.6 Å². The van der Waals surface area contributed by atoms with Crippen LogP contribution in [0.5, 0.6) is 0 Å². The minimum atomic E-state index is 0.178. The molecule has 0 aromatic carbocycles. The molecule has 0 unspecified atom stereocenters. The summed E-state index contributed by atoms with van der Waals surface area (Å²) >= 11 is 0. The van der Waals surface area contributed by atoms with Gasteiger partial charge in [-0.15, -0.1) is 26.0 Å². The molecule has 4 nitrogen and oxygen atoms in total. The van der Waals surface area contributed by atoms with Gasteiger partial charge in [-0.3, -0.25) is 4.84 Å². The second-order valence-corrected chi connectivity index (χ2v) is 2.44. The Morgan fingerprint density at radius 3 is 2.50 bits per heavy atom. The predicted octanol–water partition coefficient (Wildman–Crippen LogP) is 0.259. The van der Waals surface area contributed by atoms with Gasteiger partial charge in [0.1, 0.15) is 0 Å². The van der Waals surface area contributed by atoms with Gasteiger partial charge in [0, 0.05) is 26.2 Å². The van der Waals surface area contributed by atoms with Crippen molar-refractivity contribution in [2.45, 2.75) is 6.04 Å². The quantitative estimate of drug-likeness (QED) is 0.524. The standard InChI is InChI=1S/C6H14N2O2.C2H4.C2H2/c1-9-3-2-8-4-6(7)5-10-8;2*1-2/h6H,2-5,7H2,1H3;1-2H2;1-2H/t6-;;/m1../s1. The zero-order chi connectivity index (χ0) is 11.4. The van der Waals surface area contributed by atoms with E-state index < -0.39 is 0 Å². The molecular formula is C10H20N2O2. The Kier molecular flexibility index (Phi) is 13.5. The fraction of sp³-hybridized carbons (Fsp3) is 0.600. The molecule has 82 valence electrons. The van der Waals surface area contributed by atoms with Crippen molar-refractivity contribution < 1.29 is 9.57 Å². The monoisotopic (exact) mass is 200 g/mol. The van der Waals surface area contributed by atoms with Crippen LogP contribution in [0.4, 0.5) is 0 Å². The zero-order valence-corrected chi connectivity index (χ0v) is 8.82. The number of hydroxylamine groups is 2. The van der Waals surface area contributed by atoms with Crippen molar-refractivity contribution in [3.05, 3.63) is 13.2 Å². The third-order valence-corrected chi connectivity index (χ3v) is 1.45. The molecular weight excluding hydrogens is 180 g/mol. The van der Waals surface area contributed by atoms with Crippen molar-refractivity contribution in [1.29, 1.82) is 0 Å². The lowest BCUT2D eigenvalue weighted by atomic mass is 10.3. The van der Waals surface area contributed by atoms with Gasteiger partial charge in [-0.25, -0.2) is 0 Å². The summed E-state index contributed by atoms with van der Waals surface area (Å²) in [6.45, 7) is 8.98. The molecule has 0 aliphatic carbocycles. The largest absolute Gasteiger partial charge is 0.383 e. The lowest BCUT2D eigenvalue weighted by molar-refractivity contribution is -0.118. The van der Waals surface area contributed by atoms with Crippen LogP contribution in [0, 0.1) is 12.8 Å². The van der Waals surface area contributed by atoms with Crippen LogP contribution in [0.1, 0.15) is 0 Å². The highest BCUT2D eigenvalue weighted by Crippen LogP contribution is 2.01. The number of rotatable bonds is 3. The molecule has 1 saturated heterocycles. The number of nitrogens with two attached hydrogens (primary N) is 1. The van der Waals surface area contributed by atoms with E-state index in [1.165, 1.54) is 0 Å². The number of nitrogens with zero attached hydrogens (tertiary/aromatic N) is 1. The van der Waals surface area contributed by atoms with Crippen molar-refractivity contribution in [1.82, 2.24) is 5.06 Å². The average molecular weight is 200 g/mol. The van der Waals surface area contributed by atoms with E-state index in [4.69, 9.17) is 15.3 Å². The number of terminal acetylenes is 1. The highest BCUT2D eigenvalue weighted by atomic mass is 16.7. The molecule has 0 aromatic heterocycles. The first-order chi connectivity index (χ1) is 6.83. The van der Waals surface area contributed by atoms with E-state index in [1.54, 1.807) is 7.11 Å². The molecule has 1 rings (SSSR count). The van der Waals surface area contributed by atoms with Crippen molar-refractivity contribution in [2.24, 2.45) is 5.73 Å². The third-order valence-electron chi connectivity index (χ3n) is 1.45. The maximum absolute atomic E-state index is 5.59. The average Bonchev–Trinajstić information content (AvgIpc) is 2.67. The smallest absolute Gasteiger partial charge is 0.0849 e. The Balaban J connectivity index is 0. The zero-order valence-electron chi connectivity index (χ0n) is 8.82. The van der Waals surface area contributed by atoms with E-state index in [1.807, 2.05) is 5.06 Å². The Morgan fingerprint density at radius 1 is 1.57 bits per heavy atom. The van der Waals surface area contributed by atoms with Crippen LogP contribution in [0.15, 0.2) is 13.2 Å². The maximum Gasteiger partial charge on any atom is 0.0849 e. The van der Waals surface area contributed by atoms with E-state index in [0.717, 1.165) is 13.1 Å². The minimum Gasteiger partial charge on any atom is -0.383 e. The van der Waals surface area contributed by atoms with E-state index in [0.29, 0.717) is 13.2 Å². The van der Waals surface area contributed by atoms with E-state index in [-0.39, 0.29) is 6.04 Å². The summed E-state index contributed by atoms with van der Waals surface area (Å²) in [5, 5.41) is 1.84. The number of hydrogen-bond donors (Lipinski definition) is 1. The summed E-state index contributed by atoms with van der Waals surface area (Å²) in [4.78, 5) is 5.20. The molecule has 14 heavy (non-hydrogen) atoms. The molecule has 0 saturated carbocycles. The van der Waals surface area contributed by atoms with Crippen LogP contribution in [-0.2, 0) is 9.57 Å². The molecule has 1 aliphatic rings. The molecule has 1 atom stereocenters. The molecule has 1 fully saturated rings. The summed E-state index contributed by atoms with van der Waals surface area (Å²) < 4.78 is 4.88. The van der Waals surface area contributed by atoms with Gasteiger partial charge in [0.2, 0.25) is 0 Å². The summed E-state index contributed by atoms with van der Waals surface area (Å²) in [6, 6.07) is 0.178. The Morgan fingerprint density at radius 2 is 2.14 bits per heavy atom.